The minimum Gasteiger partial charge on any atom is -0.339 e. The van der Waals surface area contributed by atoms with E-state index >= 15 is 0 Å². The van der Waals surface area contributed by atoms with E-state index in [0.717, 1.165) is 23.5 Å². The van der Waals surface area contributed by atoms with Crippen molar-refractivity contribution in [2.45, 2.75) is 25.4 Å². The summed E-state index contributed by atoms with van der Waals surface area (Å²) in [5.74, 6) is -2.26. The molecular formula is C16H15F2N3O3S. The molecular weight excluding hydrogens is 352 g/mol. The molecule has 0 spiro atoms. The number of H-pyrrole nitrogens is 1. The molecule has 6 nitrogen and oxygen atoms in total. The summed E-state index contributed by atoms with van der Waals surface area (Å²) >= 11 is 0.861. The number of halogens is 2. The summed E-state index contributed by atoms with van der Waals surface area (Å²) in [6.07, 6.45) is 1.10. The number of hydrogen-bond donors (Lipinski definition) is 2. The van der Waals surface area contributed by atoms with Crippen LogP contribution in [0.1, 0.15) is 28.9 Å². The van der Waals surface area contributed by atoms with Gasteiger partial charge in [-0.1, -0.05) is 17.4 Å². The first-order valence-corrected chi connectivity index (χ1v) is 8.53. The Kier molecular flexibility index (Phi) is 4.93. The van der Waals surface area contributed by atoms with Gasteiger partial charge in [-0.3, -0.25) is 14.4 Å². The first-order valence-electron chi connectivity index (χ1n) is 7.65. The molecule has 1 saturated heterocycles. The van der Waals surface area contributed by atoms with Crippen molar-refractivity contribution in [3.05, 3.63) is 56.1 Å². The number of thiazole rings is 1. The van der Waals surface area contributed by atoms with E-state index in [1.54, 1.807) is 0 Å². The van der Waals surface area contributed by atoms with Crippen LogP contribution in [0.25, 0.3) is 0 Å². The summed E-state index contributed by atoms with van der Waals surface area (Å²) in [4.78, 5) is 39.2. The smallest absolute Gasteiger partial charge is 0.305 e. The maximum absolute atomic E-state index is 13.8. The Bertz CT molecular complexity index is 864. The molecule has 0 aliphatic carbocycles. The summed E-state index contributed by atoms with van der Waals surface area (Å²) in [5.41, 5.74) is 0.313. The number of piperidine rings is 1. The van der Waals surface area contributed by atoms with Crippen molar-refractivity contribution in [3.63, 3.8) is 0 Å². The number of hydrogen-bond acceptors (Lipinski definition) is 4. The van der Waals surface area contributed by atoms with E-state index in [2.05, 4.69) is 10.3 Å². The molecule has 1 unspecified atom stereocenters. The van der Waals surface area contributed by atoms with Gasteiger partial charge in [-0.05, 0) is 18.9 Å². The fourth-order valence-corrected chi connectivity index (χ4v) is 3.27. The molecule has 0 saturated carbocycles. The second-order valence-corrected chi connectivity index (χ2v) is 6.57. The second-order valence-electron chi connectivity index (χ2n) is 5.73. The van der Waals surface area contributed by atoms with E-state index < -0.39 is 23.6 Å². The monoisotopic (exact) mass is 367 g/mol. The van der Waals surface area contributed by atoms with Gasteiger partial charge in [-0.15, -0.1) is 0 Å². The van der Waals surface area contributed by atoms with Gasteiger partial charge in [0.05, 0.1) is 0 Å². The topological polar surface area (TPSA) is 82.3 Å². The molecule has 2 N–H and O–H groups in total. The van der Waals surface area contributed by atoms with Gasteiger partial charge in [0.15, 0.2) is 0 Å². The van der Waals surface area contributed by atoms with Crippen molar-refractivity contribution in [2.24, 2.45) is 0 Å². The van der Waals surface area contributed by atoms with Crippen molar-refractivity contribution in [2.75, 3.05) is 6.54 Å². The van der Waals surface area contributed by atoms with E-state index in [9.17, 15) is 23.2 Å². The lowest BCUT2D eigenvalue weighted by Gasteiger charge is -2.32. The molecule has 1 atom stereocenters. The van der Waals surface area contributed by atoms with Crippen LogP contribution < -0.4 is 10.2 Å². The van der Waals surface area contributed by atoms with E-state index in [4.69, 9.17) is 0 Å². The van der Waals surface area contributed by atoms with Crippen LogP contribution in [0.2, 0.25) is 0 Å². The molecule has 0 radical (unpaired) electrons. The molecule has 3 rings (SSSR count). The highest BCUT2D eigenvalue weighted by Crippen LogP contribution is 2.18. The van der Waals surface area contributed by atoms with Crippen LogP contribution in [0.3, 0.4) is 0 Å². The Morgan fingerprint density at radius 2 is 2.16 bits per heavy atom. The highest BCUT2D eigenvalue weighted by Gasteiger charge is 2.30. The van der Waals surface area contributed by atoms with Crippen molar-refractivity contribution in [3.8, 4) is 0 Å². The predicted octanol–water partition coefficient (Wildman–Crippen LogP) is 1.64. The third-order valence-electron chi connectivity index (χ3n) is 3.98. The van der Waals surface area contributed by atoms with E-state index in [-0.39, 0.29) is 28.6 Å². The van der Waals surface area contributed by atoms with Crippen LogP contribution >= 0.6 is 11.3 Å². The lowest BCUT2D eigenvalue weighted by atomic mass is 10.0. The fraction of sp³-hybridized carbons (Fsp3) is 0.312. The number of amides is 2. The van der Waals surface area contributed by atoms with Crippen LogP contribution in [0.5, 0.6) is 0 Å². The van der Waals surface area contributed by atoms with Crippen LogP contribution in [-0.2, 0) is 11.3 Å². The summed E-state index contributed by atoms with van der Waals surface area (Å²) in [5, 5.41) is 3.98. The fourth-order valence-electron chi connectivity index (χ4n) is 2.71. The number of carbonyl (C=O) groups excluding carboxylic acids is 2. The Labute approximate surface area is 145 Å². The standard InChI is InChI=1S/C16H15F2N3O3S/c17-10-4-3-9(11(18)6-10)7-21-5-1-2-12(15(21)23)19-14(22)13-8-25-16(24)20-13/h3-4,6,8,12H,1-2,5,7H2,(H,19,22)(H,20,24). The first-order chi connectivity index (χ1) is 11.9. The third-order valence-corrected chi connectivity index (χ3v) is 4.65. The zero-order valence-electron chi connectivity index (χ0n) is 13.1. The number of aromatic amines is 1. The molecule has 1 aromatic heterocycles. The van der Waals surface area contributed by atoms with Gasteiger partial charge in [0, 0.05) is 30.1 Å². The molecule has 1 aromatic carbocycles. The number of likely N-dealkylation sites (tertiary alicyclic amines) is 1. The summed E-state index contributed by atoms with van der Waals surface area (Å²) in [6.45, 7) is 0.434. The molecule has 1 aliphatic heterocycles. The lowest BCUT2D eigenvalue weighted by molar-refractivity contribution is -0.136. The summed E-state index contributed by atoms with van der Waals surface area (Å²) in [7, 11) is 0. The van der Waals surface area contributed by atoms with Crippen molar-refractivity contribution in [1.29, 1.82) is 0 Å². The third kappa shape index (κ3) is 3.93. The van der Waals surface area contributed by atoms with Crippen LogP contribution in [-0.4, -0.2) is 34.3 Å². The van der Waals surface area contributed by atoms with Crippen molar-refractivity contribution in [1.82, 2.24) is 15.2 Å². The van der Waals surface area contributed by atoms with Gasteiger partial charge in [0.1, 0.15) is 23.4 Å². The Balaban J connectivity index is 1.68. The van der Waals surface area contributed by atoms with Crippen LogP contribution in [0.4, 0.5) is 8.78 Å². The largest absolute Gasteiger partial charge is 0.339 e. The second kappa shape index (κ2) is 7.14. The van der Waals surface area contributed by atoms with Crippen molar-refractivity contribution < 1.29 is 18.4 Å². The molecule has 1 fully saturated rings. The number of carbonyl (C=O) groups is 2. The maximum Gasteiger partial charge on any atom is 0.305 e. The minimum absolute atomic E-state index is 0.00655. The number of nitrogens with one attached hydrogen (secondary N) is 2. The molecule has 25 heavy (non-hydrogen) atoms. The average molecular weight is 367 g/mol. The van der Waals surface area contributed by atoms with Gasteiger partial charge in [0.25, 0.3) is 5.91 Å². The zero-order valence-corrected chi connectivity index (χ0v) is 13.9. The quantitative estimate of drug-likeness (QED) is 0.862. The minimum atomic E-state index is -0.742. The molecule has 2 aromatic rings. The van der Waals surface area contributed by atoms with Gasteiger partial charge in [-0.2, -0.15) is 0 Å². The SMILES string of the molecule is O=C(NC1CCCN(Cc2ccc(F)cc2F)C1=O)c1csc(=O)[nH]1. The van der Waals surface area contributed by atoms with Gasteiger partial charge in [0.2, 0.25) is 5.91 Å². The molecule has 0 bridgehead atoms. The Hall–Kier alpha value is -2.55. The van der Waals surface area contributed by atoms with Gasteiger partial charge >= 0.3 is 4.87 Å². The number of nitrogens with zero attached hydrogens (tertiary/aromatic N) is 1. The molecule has 132 valence electrons. The molecule has 9 heteroatoms. The Morgan fingerprint density at radius 3 is 2.84 bits per heavy atom. The van der Waals surface area contributed by atoms with Gasteiger partial charge in [-0.25, -0.2) is 8.78 Å². The van der Waals surface area contributed by atoms with E-state index in [1.807, 2.05) is 0 Å². The predicted molar refractivity (Wildman–Crippen MR) is 87.2 cm³/mol. The lowest BCUT2D eigenvalue weighted by Crippen LogP contribution is -2.52. The maximum atomic E-state index is 13.8. The van der Waals surface area contributed by atoms with Crippen LogP contribution in [0, 0.1) is 11.6 Å². The first kappa shape index (κ1) is 17.3. The van der Waals surface area contributed by atoms with E-state index in [1.165, 1.54) is 16.3 Å². The summed E-state index contributed by atoms with van der Waals surface area (Å²) in [6, 6.07) is 2.47. The molecule has 1 aliphatic rings. The average Bonchev–Trinajstić information content (AvgIpc) is 3.00. The number of benzene rings is 1. The Morgan fingerprint density at radius 1 is 1.36 bits per heavy atom. The highest BCUT2D eigenvalue weighted by atomic mass is 32.1. The van der Waals surface area contributed by atoms with Gasteiger partial charge < -0.3 is 15.2 Å². The molecule has 2 heterocycles. The van der Waals surface area contributed by atoms with E-state index in [0.29, 0.717) is 19.4 Å². The normalized spacial score (nSPS) is 17.6. The zero-order chi connectivity index (χ0) is 18.0. The molecule has 2 amide bonds. The van der Waals surface area contributed by atoms with Crippen LogP contribution in [0.15, 0.2) is 28.4 Å². The number of rotatable bonds is 4. The number of aromatic nitrogens is 1. The highest BCUT2D eigenvalue weighted by molar-refractivity contribution is 7.07. The van der Waals surface area contributed by atoms with Crippen molar-refractivity contribution >= 4 is 23.2 Å². The summed E-state index contributed by atoms with van der Waals surface area (Å²) < 4.78 is 26.8.